The van der Waals surface area contributed by atoms with Crippen LogP contribution in [-0.2, 0) is 4.74 Å². The van der Waals surface area contributed by atoms with Crippen LogP contribution >= 0.6 is 0 Å². The Hall–Kier alpha value is -0.123. The summed E-state index contributed by atoms with van der Waals surface area (Å²) < 4.78 is 5.68. The summed E-state index contributed by atoms with van der Waals surface area (Å²) in [4.78, 5) is 9.12. The monoisotopic (exact) mass is 214 g/mol. The molecular weight excluding hydrogens is 192 g/mol. The zero-order valence-corrected chi connectivity index (χ0v) is 10.3. The minimum Gasteiger partial charge on any atom is -0.430 e. The average molecular weight is 214 g/mol. The summed E-state index contributed by atoms with van der Waals surface area (Å²) in [6.07, 6.45) is 7.45. The van der Waals surface area contributed by atoms with E-state index >= 15 is 0 Å². The summed E-state index contributed by atoms with van der Waals surface area (Å²) in [6, 6.07) is 0. The van der Waals surface area contributed by atoms with Gasteiger partial charge in [0.25, 0.3) is 9.76 Å². The van der Waals surface area contributed by atoms with E-state index in [0.29, 0.717) is 0 Å². The standard InChI is InChI=1S/C11H22O2Si/c1-4-6-7-9-11(14-12)13-10(3)8-5-2/h5,10-12H,2,4,6-9H2,1,3H3/t10-,11-/m1/s1. The molecule has 0 aromatic rings. The lowest BCUT2D eigenvalue weighted by atomic mass is 10.2. The van der Waals surface area contributed by atoms with E-state index in [4.69, 9.17) is 9.53 Å². The van der Waals surface area contributed by atoms with Gasteiger partial charge >= 0.3 is 0 Å². The highest BCUT2D eigenvalue weighted by Crippen LogP contribution is 2.09. The molecule has 14 heavy (non-hydrogen) atoms. The lowest BCUT2D eigenvalue weighted by Crippen LogP contribution is -2.25. The van der Waals surface area contributed by atoms with E-state index in [9.17, 15) is 0 Å². The third kappa shape index (κ3) is 7.30. The summed E-state index contributed by atoms with van der Waals surface area (Å²) in [5.41, 5.74) is 0.0384. The minimum atomic E-state index is -0.0991. The quantitative estimate of drug-likeness (QED) is 0.363. The zero-order chi connectivity index (χ0) is 10.8. The molecule has 82 valence electrons. The molecule has 0 aliphatic carbocycles. The Morgan fingerprint density at radius 3 is 2.71 bits per heavy atom. The first-order valence-electron chi connectivity index (χ1n) is 5.40. The molecule has 0 heterocycles. The average Bonchev–Trinajstić information content (AvgIpc) is 2.17. The third-order valence-corrected chi connectivity index (χ3v) is 2.82. The largest absolute Gasteiger partial charge is 0.430 e. The molecule has 0 spiro atoms. The van der Waals surface area contributed by atoms with Crippen molar-refractivity contribution < 1.29 is 9.53 Å². The lowest BCUT2D eigenvalue weighted by molar-refractivity contribution is 0.0323. The van der Waals surface area contributed by atoms with Gasteiger partial charge in [-0.15, -0.1) is 6.58 Å². The molecule has 2 atom stereocenters. The zero-order valence-electron chi connectivity index (χ0n) is 9.33. The van der Waals surface area contributed by atoms with Crippen molar-refractivity contribution in [2.45, 2.75) is 57.8 Å². The van der Waals surface area contributed by atoms with Crippen LogP contribution in [0.25, 0.3) is 0 Å². The molecule has 0 aliphatic rings. The molecular formula is C11H22O2Si. The van der Waals surface area contributed by atoms with Crippen molar-refractivity contribution in [2.75, 3.05) is 0 Å². The van der Waals surface area contributed by atoms with Crippen molar-refractivity contribution in [1.82, 2.24) is 0 Å². The van der Waals surface area contributed by atoms with E-state index in [-0.39, 0.29) is 21.6 Å². The molecule has 0 saturated heterocycles. The first kappa shape index (κ1) is 13.9. The van der Waals surface area contributed by atoms with Crippen LogP contribution in [0.5, 0.6) is 0 Å². The number of unbranched alkanes of at least 4 members (excludes halogenated alkanes) is 2. The van der Waals surface area contributed by atoms with Crippen LogP contribution in [0.15, 0.2) is 12.7 Å². The molecule has 2 radical (unpaired) electrons. The predicted octanol–water partition coefficient (Wildman–Crippen LogP) is 2.49. The van der Waals surface area contributed by atoms with Crippen LogP contribution in [0.4, 0.5) is 0 Å². The summed E-state index contributed by atoms with van der Waals surface area (Å²) >= 11 is 0. The van der Waals surface area contributed by atoms with Crippen LogP contribution < -0.4 is 0 Å². The normalized spacial score (nSPS) is 15.1. The maximum absolute atomic E-state index is 9.12. The summed E-state index contributed by atoms with van der Waals surface area (Å²) in [5.74, 6) is 0. The van der Waals surface area contributed by atoms with Gasteiger partial charge in [-0.05, 0) is 19.8 Å². The maximum Gasteiger partial charge on any atom is 0.257 e. The highest BCUT2D eigenvalue weighted by molar-refractivity contribution is 6.27. The van der Waals surface area contributed by atoms with E-state index in [1.165, 1.54) is 12.8 Å². The smallest absolute Gasteiger partial charge is 0.257 e. The molecule has 0 bridgehead atoms. The van der Waals surface area contributed by atoms with E-state index < -0.39 is 0 Å². The highest BCUT2D eigenvalue weighted by atomic mass is 28.2. The predicted molar refractivity (Wildman–Crippen MR) is 61.3 cm³/mol. The van der Waals surface area contributed by atoms with E-state index in [1.54, 1.807) is 0 Å². The molecule has 1 N–H and O–H groups in total. The van der Waals surface area contributed by atoms with Crippen LogP contribution in [0.2, 0.25) is 0 Å². The number of ether oxygens (including phenoxy) is 1. The van der Waals surface area contributed by atoms with Crippen molar-refractivity contribution in [1.29, 1.82) is 0 Å². The molecule has 0 aromatic heterocycles. The van der Waals surface area contributed by atoms with Gasteiger partial charge in [0.1, 0.15) is 0 Å². The van der Waals surface area contributed by atoms with Crippen LogP contribution in [-0.4, -0.2) is 26.4 Å². The van der Waals surface area contributed by atoms with Crippen molar-refractivity contribution >= 4 is 9.76 Å². The Morgan fingerprint density at radius 2 is 2.21 bits per heavy atom. The van der Waals surface area contributed by atoms with Crippen molar-refractivity contribution in [2.24, 2.45) is 0 Å². The molecule has 0 rings (SSSR count). The van der Waals surface area contributed by atoms with Gasteiger partial charge in [0.15, 0.2) is 0 Å². The molecule has 0 aliphatic heterocycles. The lowest BCUT2D eigenvalue weighted by Gasteiger charge is -2.18. The molecule has 0 fully saturated rings. The molecule has 3 heteroatoms. The molecule has 0 amide bonds. The number of hydrogen-bond acceptors (Lipinski definition) is 2. The van der Waals surface area contributed by atoms with Gasteiger partial charge < -0.3 is 9.53 Å². The second-order valence-corrected chi connectivity index (χ2v) is 4.49. The fourth-order valence-corrected chi connectivity index (χ4v) is 1.94. The summed E-state index contributed by atoms with van der Waals surface area (Å²) in [7, 11) is -0.0991. The van der Waals surface area contributed by atoms with Crippen LogP contribution in [0.1, 0.15) is 46.0 Å². The summed E-state index contributed by atoms with van der Waals surface area (Å²) in [6.45, 7) is 7.87. The van der Waals surface area contributed by atoms with Gasteiger partial charge in [-0.3, -0.25) is 0 Å². The van der Waals surface area contributed by atoms with E-state index in [0.717, 1.165) is 19.3 Å². The molecule has 0 unspecified atom stereocenters. The van der Waals surface area contributed by atoms with Gasteiger partial charge in [0.05, 0.1) is 11.8 Å². The van der Waals surface area contributed by atoms with Crippen molar-refractivity contribution in [3.05, 3.63) is 12.7 Å². The number of rotatable bonds is 9. The SMILES string of the molecule is C=CC[C@@H](C)O[C@@H](CCCCC)[Si]O. The van der Waals surface area contributed by atoms with Gasteiger partial charge in [-0.1, -0.05) is 32.3 Å². The third-order valence-electron chi connectivity index (χ3n) is 2.11. The fourth-order valence-electron chi connectivity index (χ4n) is 1.31. The first-order chi connectivity index (χ1) is 6.74. The van der Waals surface area contributed by atoms with Gasteiger partial charge in [-0.25, -0.2) is 0 Å². The van der Waals surface area contributed by atoms with E-state index in [2.05, 4.69) is 13.5 Å². The second-order valence-electron chi connectivity index (χ2n) is 3.58. The highest BCUT2D eigenvalue weighted by Gasteiger charge is 2.12. The fraction of sp³-hybridized carbons (Fsp3) is 0.818. The van der Waals surface area contributed by atoms with Gasteiger partial charge in [0.2, 0.25) is 0 Å². The Balaban J connectivity index is 3.60. The molecule has 2 nitrogen and oxygen atoms in total. The Labute approximate surface area is 90.3 Å². The topological polar surface area (TPSA) is 29.5 Å². The van der Waals surface area contributed by atoms with Crippen molar-refractivity contribution in [3.8, 4) is 0 Å². The summed E-state index contributed by atoms with van der Waals surface area (Å²) in [5, 5.41) is 0. The van der Waals surface area contributed by atoms with Crippen molar-refractivity contribution in [3.63, 3.8) is 0 Å². The van der Waals surface area contributed by atoms with Gasteiger partial charge in [0, 0.05) is 0 Å². The van der Waals surface area contributed by atoms with Crippen LogP contribution in [0.3, 0.4) is 0 Å². The minimum absolute atomic E-state index is 0.0384. The Kier molecular flexibility index (Phi) is 9.35. The molecule has 0 saturated carbocycles. The molecule has 0 aromatic carbocycles. The number of hydrogen-bond donors (Lipinski definition) is 1. The Bertz CT molecular complexity index is 139. The van der Waals surface area contributed by atoms with E-state index in [1.807, 2.05) is 13.0 Å². The maximum atomic E-state index is 9.12. The first-order valence-corrected chi connectivity index (χ1v) is 6.43. The van der Waals surface area contributed by atoms with Gasteiger partial charge in [-0.2, -0.15) is 0 Å². The Morgan fingerprint density at radius 1 is 1.50 bits per heavy atom. The second kappa shape index (κ2) is 9.43. The van der Waals surface area contributed by atoms with Crippen LogP contribution in [0, 0.1) is 0 Å².